The van der Waals surface area contributed by atoms with Crippen LogP contribution >= 0.6 is 11.8 Å². The van der Waals surface area contributed by atoms with Crippen molar-refractivity contribution in [3.8, 4) is 35.1 Å². The van der Waals surface area contributed by atoms with Crippen LogP contribution in [-0.4, -0.2) is 54.4 Å². The summed E-state index contributed by atoms with van der Waals surface area (Å²) in [5.74, 6) is -3.31. The summed E-state index contributed by atoms with van der Waals surface area (Å²) in [4.78, 5) is 17.8. The zero-order valence-corrected chi connectivity index (χ0v) is 27.3. The van der Waals surface area contributed by atoms with E-state index in [0.29, 0.717) is 5.75 Å². The number of nitriles is 1. The van der Waals surface area contributed by atoms with Crippen molar-refractivity contribution in [2.45, 2.75) is 37.1 Å². The molecule has 2 atom stereocenters. The summed E-state index contributed by atoms with van der Waals surface area (Å²) >= 11 is 0.794. The first-order chi connectivity index (χ1) is 23.3. The Morgan fingerprint density at radius 1 is 1.06 bits per heavy atom. The lowest BCUT2D eigenvalue weighted by molar-refractivity contribution is -0.144. The standard InChI is InChI=1S/C35H35F2N5O5S/c1-3-44-35(43)25(39)15-18-48-31-29(36)33(46-26-12-8-7-11-24(26)32-40-16-17-42(32)2)41-34(30(31)37)47-28-19-23(20-38)13-14-27(28)45-21-22-9-5-4-6-10-22/h4-14,19,25,32,40H,3,15-18,21,39H2,1-2H3. The number of hydrogen-bond donors (Lipinski definition) is 2. The Kier molecular flexibility index (Phi) is 11.8. The fourth-order valence-electron chi connectivity index (χ4n) is 4.93. The molecule has 2 heterocycles. The molecule has 1 aliphatic rings. The van der Waals surface area contributed by atoms with Crippen molar-refractivity contribution >= 4 is 17.7 Å². The molecule has 3 N–H and O–H groups in total. The average Bonchev–Trinajstić information content (AvgIpc) is 3.53. The minimum absolute atomic E-state index is 0.00796. The smallest absolute Gasteiger partial charge is 0.322 e. The van der Waals surface area contributed by atoms with Crippen molar-refractivity contribution in [3.05, 3.63) is 101 Å². The molecule has 48 heavy (non-hydrogen) atoms. The highest BCUT2D eigenvalue weighted by Crippen LogP contribution is 2.41. The first-order valence-corrected chi connectivity index (χ1v) is 16.3. The second-order valence-electron chi connectivity index (χ2n) is 10.8. The van der Waals surface area contributed by atoms with Crippen LogP contribution in [0.3, 0.4) is 0 Å². The van der Waals surface area contributed by atoms with Crippen LogP contribution in [0.5, 0.6) is 29.0 Å². The molecular weight excluding hydrogens is 640 g/mol. The number of para-hydroxylation sites is 1. The molecule has 1 fully saturated rings. The quantitative estimate of drug-likeness (QED) is 0.115. The van der Waals surface area contributed by atoms with Gasteiger partial charge in [0.1, 0.15) is 18.4 Å². The monoisotopic (exact) mass is 675 g/mol. The molecule has 10 nitrogen and oxygen atoms in total. The summed E-state index contributed by atoms with van der Waals surface area (Å²) in [6, 6.07) is 22.0. The second kappa shape index (κ2) is 16.4. The van der Waals surface area contributed by atoms with Crippen molar-refractivity contribution in [1.29, 1.82) is 5.26 Å². The van der Waals surface area contributed by atoms with Gasteiger partial charge in [0.25, 0.3) is 11.8 Å². The van der Waals surface area contributed by atoms with Gasteiger partial charge in [0, 0.05) is 30.5 Å². The zero-order chi connectivity index (χ0) is 34.0. The van der Waals surface area contributed by atoms with Crippen molar-refractivity contribution in [2.24, 2.45) is 5.73 Å². The number of nitrogens with zero attached hydrogens (tertiary/aromatic N) is 3. The van der Waals surface area contributed by atoms with Gasteiger partial charge in [-0.1, -0.05) is 48.5 Å². The summed E-state index contributed by atoms with van der Waals surface area (Å²) in [5, 5.41) is 12.9. The third-order valence-electron chi connectivity index (χ3n) is 7.42. The molecule has 0 bridgehead atoms. The molecule has 0 amide bonds. The van der Waals surface area contributed by atoms with E-state index < -0.39 is 40.3 Å². The highest BCUT2D eigenvalue weighted by Gasteiger charge is 2.29. The van der Waals surface area contributed by atoms with Gasteiger partial charge >= 0.3 is 5.97 Å². The summed E-state index contributed by atoms with van der Waals surface area (Å²) in [6.45, 7) is 3.53. The Morgan fingerprint density at radius 3 is 2.46 bits per heavy atom. The van der Waals surface area contributed by atoms with Crippen molar-refractivity contribution < 1.29 is 32.5 Å². The van der Waals surface area contributed by atoms with Crippen LogP contribution in [0, 0.1) is 23.0 Å². The summed E-state index contributed by atoms with van der Waals surface area (Å²) in [5.41, 5.74) is 7.75. The number of aromatic nitrogens is 1. The summed E-state index contributed by atoms with van der Waals surface area (Å²) < 4.78 is 55.2. The number of likely N-dealkylation sites (N-methyl/N-ethyl adjacent to an activating group) is 1. The second-order valence-corrected chi connectivity index (χ2v) is 11.9. The molecule has 3 aromatic carbocycles. The van der Waals surface area contributed by atoms with Crippen LogP contribution < -0.4 is 25.3 Å². The molecule has 1 saturated heterocycles. The number of esters is 1. The largest absolute Gasteiger partial charge is 0.485 e. The first-order valence-electron chi connectivity index (χ1n) is 15.3. The van der Waals surface area contributed by atoms with Crippen LogP contribution in [0.1, 0.15) is 36.2 Å². The normalized spacial score (nSPS) is 15.0. The van der Waals surface area contributed by atoms with E-state index in [1.807, 2.05) is 55.6 Å². The van der Waals surface area contributed by atoms with Crippen LogP contribution in [-0.2, 0) is 16.1 Å². The van der Waals surface area contributed by atoms with Crippen LogP contribution in [0.4, 0.5) is 8.78 Å². The molecule has 1 aliphatic heterocycles. The van der Waals surface area contributed by atoms with Gasteiger partial charge in [0.05, 0.1) is 29.3 Å². The van der Waals surface area contributed by atoms with Gasteiger partial charge in [-0.3, -0.25) is 15.0 Å². The van der Waals surface area contributed by atoms with Crippen molar-refractivity contribution in [3.63, 3.8) is 0 Å². The lowest BCUT2D eigenvalue weighted by atomic mass is 10.1. The summed E-state index contributed by atoms with van der Waals surface area (Å²) in [7, 11) is 1.95. The Morgan fingerprint density at radius 2 is 1.77 bits per heavy atom. The van der Waals surface area contributed by atoms with E-state index in [-0.39, 0.29) is 48.6 Å². The fourth-order valence-corrected chi connectivity index (χ4v) is 5.93. The molecular formula is C35H35F2N5O5S. The van der Waals surface area contributed by atoms with Gasteiger partial charge < -0.3 is 24.7 Å². The molecule has 0 spiro atoms. The number of rotatable bonds is 14. The predicted octanol–water partition coefficient (Wildman–Crippen LogP) is 6.30. The molecule has 13 heteroatoms. The number of carbonyl (C=O) groups is 1. The first kappa shape index (κ1) is 34.6. The number of ether oxygens (including phenoxy) is 4. The van der Waals surface area contributed by atoms with Gasteiger partial charge in [-0.25, -0.2) is 0 Å². The van der Waals surface area contributed by atoms with E-state index in [9.17, 15) is 10.1 Å². The lowest BCUT2D eigenvalue weighted by Crippen LogP contribution is -2.32. The molecule has 5 rings (SSSR count). The Balaban J connectivity index is 1.50. The van der Waals surface area contributed by atoms with Crippen molar-refractivity contribution in [2.75, 3.05) is 32.5 Å². The average molecular weight is 676 g/mol. The zero-order valence-electron chi connectivity index (χ0n) is 26.4. The van der Waals surface area contributed by atoms with Gasteiger partial charge in [-0.2, -0.15) is 19.0 Å². The number of nitrogens with two attached hydrogens (primary N) is 1. The van der Waals surface area contributed by atoms with Crippen LogP contribution in [0.15, 0.2) is 77.7 Å². The number of benzene rings is 3. The Labute approximate surface area is 281 Å². The van der Waals surface area contributed by atoms with Gasteiger partial charge in [0.15, 0.2) is 11.5 Å². The van der Waals surface area contributed by atoms with E-state index in [4.69, 9.17) is 24.7 Å². The minimum atomic E-state index is -1.10. The molecule has 0 radical (unpaired) electrons. The SMILES string of the molecule is CCOC(=O)C(N)CCSc1c(F)c(Oc2cc(C#N)ccc2OCc2ccccc2)nc(Oc2ccccc2C2NCCN2C)c1F. The fraction of sp³-hybridized carbons (Fsp3) is 0.286. The van der Waals surface area contributed by atoms with Gasteiger partial charge in [0.2, 0.25) is 11.6 Å². The topological polar surface area (TPSA) is 132 Å². The Hall–Kier alpha value is -4.74. The number of nitrogens with one attached hydrogen (secondary N) is 1. The molecule has 0 saturated carbocycles. The maximum Gasteiger partial charge on any atom is 0.322 e. The maximum atomic E-state index is 16.1. The Bertz CT molecular complexity index is 1770. The molecule has 1 aromatic heterocycles. The highest BCUT2D eigenvalue weighted by molar-refractivity contribution is 7.99. The lowest BCUT2D eigenvalue weighted by Gasteiger charge is -2.22. The predicted molar refractivity (Wildman–Crippen MR) is 176 cm³/mol. The number of halogens is 2. The number of pyridine rings is 1. The van der Waals surface area contributed by atoms with E-state index in [0.717, 1.165) is 36.0 Å². The molecule has 2 unspecified atom stereocenters. The molecule has 4 aromatic rings. The molecule has 0 aliphatic carbocycles. The van der Waals surface area contributed by atoms with Crippen LogP contribution in [0.2, 0.25) is 0 Å². The third-order valence-corrected chi connectivity index (χ3v) is 8.51. The third kappa shape index (κ3) is 8.39. The number of carbonyl (C=O) groups excluding carboxylic acids is 1. The van der Waals surface area contributed by atoms with Crippen molar-refractivity contribution in [1.82, 2.24) is 15.2 Å². The van der Waals surface area contributed by atoms with E-state index in [2.05, 4.69) is 15.2 Å². The number of hydrogen-bond acceptors (Lipinski definition) is 11. The summed E-state index contributed by atoms with van der Waals surface area (Å²) in [6.07, 6.45) is -0.113. The highest BCUT2D eigenvalue weighted by atomic mass is 32.2. The number of thioether (sulfide) groups is 1. The van der Waals surface area contributed by atoms with Crippen LogP contribution in [0.25, 0.3) is 0 Å². The van der Waals surface area contributed by atoms with Gasteiger partial charge in [-0.05, 0) is 44.2 Å². The van der Waals surface area contributed by atoms with Gasteiger partial charge in [-0.15, -0.1) is 11.8 Å². The minimum Gasteiger partial charge on any atom is -0.485 e. The maximum absolute atomic E-state index is 16.1. The molecule has 250 valence electrons. The van der Waals surface area contributed by atoms with E-state index >= 15 is 8.78 Å². The van der Waals surface area contributed by atoms with E-state index in [1.165, 1.54) is 18.2 Å². The van der Waals surface area contributed by atoms with E-state index in [1.54, 1.807) is 19.1 Å².